The summed E-state index contributed by atoms with van der Waals surface area (Å²) in [4.78, 5) is 21.3. The Morgan fingerprint density at radius 3 is 2.76 bits per heavy atom. The van der Waals surface area contributed by atoms with Crippen molar-refractivity contribution in [1.29, 1.82) is 0 Å². The molecule has 21 heavy (non-hydrogen) atoms. The zero-order valence-electron chi connectivity index (χ0n) is 11.1. The molecule has 1 heterocycles. The largest absolute Gasteiger partial charge is 0.399 e. The summed E-state index contributed by atoms with van der Waals surface area (Å²) in [6.45, 7) is 1.64. The highest BCUT2D eigenvalue weighted by Crippen LogP contribution is 2.30. The summed E-state index contributed by atoms with van der Waals surface area (Å²) in [5, 5.41) is 13.6. The lowest BCUT2D eigenvalue weighted by atomic mass is 10.2. The minimum Gasteiger partial charge on any atom is -0.399 e. The van der Waals surface area contributed by atoms with Crippen LogP contribution in [-0.2, 0) is 14.8 Å². The number of nitro benzene ring substituents is 1. The zero-order chi connectivity index (χ0) is 15.8. The van der Waals surface area contributed by atoms with E-state index in [1.54, 1.807) is 0 Å². The Hall–Kier alpha value is -2.20. The van der Waals surface area contributed by atoms with Crippen LogP contribution in [0, 0.1) is 10.1 Å². The molecule has 3 N–H and O–H groups in total. The van der Waals surface area contributed by atoms with Crippen molar-refractivity contribution in [1.82, 2.24) is 9.62 Å². The van der Waals surface area contributed by atoms with Gasteiger partial charge in [0.15, 0.2) is 4.90 Å². The summed E-state index contributed by atoms with van der Waals surface area (Å²) >= 11 is 0. The van der Waals surface area contributed by atoms with Crippen LogP contribution in [0.3, 0.4) is 0 Å². The molecule has 0 aromatic heterocycles. The van der Waals surface area contributed by atoms with Gasteiger partial charge in [-0.2, -0.15) is 4.31 Å². The van der Waals surface area contributed by atoms with Crippen molar-refractivity contribution in [2.45, 2.75) is 17.9 Å². The van der Waals surface area contributed by atoms with E-state index < -0.39 is 37.5 Å². The van der Waals surface area contributed by atoms with Crippen molar-refractivity contribution in [3.8, 4) is 0 Å². The average molecular weight is 314 g/mol. The Bertz CT molecular complexity index is 703. The van der Waals surface area contributed by atoms with Gasteiger partial charge in [0.2, 0.25) is 5.91 Å². The molecule has 1 aromatic rings. The maximum Gasteiger partial charge on any atom is 0.291 e. The third-order valence-corrected chi connectivity index (χ3v) is 5.23. The summed E-state index contributed by atoms with van der Waals surface area (Å²) in [5.74, 6) is -0.442. The Kier molecular flexibility index (Phi) is 3.83. The van der Waals surface area contributed by atoms with E-state index in [1.165, 1.54) is 13.0 Å². The van der Waals surface area contributed by atoms with Crippen LogP contribution < -0.4 is 11.1 Å². The first kappa shape index (κ1) is 15.2. The van der Waals surface area contributed by atoms with Gasteiger partial charge in [0, 0.05) is 24.8 Å². The number of nitrogens with one attached hydrogen (secondary N) is 1. The number of nitrogens with two attached hydrogens (primary N) is 1. The molecule has 0 bridgehead atoms. The predicted octanol–water partition coefficient (Wildman–Crippen LogP) is -0.314. The molecule has 0 radical (unpaired) electrons. The summed E-state index contributed by atoms with van der Waals surface area (Å²) in [6.07, 6.45) is 0. The topological polar surface area (TPSA) is 136 Å². The molecule has 9 nitrogen and oxygen atoms in total. The Balaban J connectivity index is 2.54. The lowest BCUT2D eigenvalue weighted by Crippen LogP contribution is -2.55. The average Bonchev–Trinajstić information content (AvgIpc) is 2.41. The van der Waals surface area contributed by atoms with Gasteiger partial charge in [-0.3, -0.25) is 14.9 Å². The number of hydrogen-bond donors (Lipinski definition) is 2. The highest BCUT2D eigenvalue weighted by atomic mass is 32.2. The second-order valence-corrected chi connectivity index (χ2v) is 6.43. The molecular weight excluding hydrogens is 300 g/mol. The van der Waals surface area contributed by atoms with Gasteiger partial charge in [-0.05, 0) is 19.1 Å². The first-order valence-corrected chi connectivity index (χ1v) is 7.52. The van der Waals surface area contributed by atoms with Crippen LogP contribution in [0.25, 0.3) is 0 Å². The number of carbonyl (C=O) groups is 1. The monoisotopic (exact) mass is 314 g/mol. The van der Waals surface area contributed by atoms with E-state index in [2.05, 4.69) is 5.32 Å². The van der Waals surface area contributed by atoms with Crippen molar-refractivity contribution < 1.29 is 18.1 Å². The van der Waals surface area contributed by atoms with Crippen LogP contribution in [0.1, 0.15) is 6.92 Å². The SMILES string of the molecule is CC1C(=O)NCCN1S(=O)(=O)c1ccc(N)cc1[N+](=O)[O-]. The number of anilines is 1. The summed E-state index contributed by atoms with van der Waals surface area (Å²) in [5.41, 5.74) is 4.94. The first-order valence-electron chi connectivity index (χ1n) is 6.08. The third kappa shape index (κ3) is 2.67. The fourth-order valence-corrected chi connectivity index (χ4v) is 3.85. The molecule has 1 saturated heterocycles. The highest BCUT2D eigenvalue weighted by molar-refractivity contribution is 7.89. The molecule has 0 spiro atoms. The number of nitro groups is 1. The van der Waals surface area contributed by atoms with Crippen LogP contribution in [-0.4, -0.2) is 42.7 Å². The number of nitrogens with zero attached hydrogens (tertiary/aromatic N) is 2. The van der Waals surface area contributed by atoms with E-state index in [-0.39, 0.29) is 18.8 Å². The fraction of sp³-hybridized carbons (Fsp3) is 0.364. The second kappa shape index (κ2) is 5.30. The van der Waals surface area contributed by atoms with Gasteiger partial charge in [0.05, 0.1) is 4.92 Å². The smallest absolute Gasteiger partial charge is 0.291 e. The molecule has 1 aliphatic rings. The van der Waals surface area contributed by atoms with E-state index >= 15 is 0 Å². The minimum absolute atomic E-state index is 0.0524. The van der Waals surface area contributed by atoms with E-state index in [9.17, 15) is 23.3 Å². The molecule has 114 valence electrons. The molecule has 1 amide bonds. The van der Waals surface area contributed by atoms with Crippen LogP contribution >= 0.6 is 0 Å². The highest BCUT2D eigenvalue weighted by Gasteiger charge is 2.38. The number of amides is 1. The Morgan fingerprint density at radius 2 is 2.14 bits per heavy atom. The van der Waals surface area contributed by atoms with Crippen molar-refractivity contribution in [3.05, 3.63) is 28.3 Å². The number of hydrogen-bond acceptors (Lipinski definition) is 6. The standard InChI is InChI=1S/C11H14N4O5S/c1-7-11(16)13-4-5-14(7)21(19,20)10-3-2-8(12)6-9(10)15(17)18/h2-3,6-7H,4-5,12H2,1H3,(H,13,16). The molecule has 1 atom stereocenters. The minimum atomic E-state index is -4.16. The fourth-order valence-electron chi connectivity index (χ4n) is 2.11. The molecule has 1 fully saturated rings. The normalized spacial score (nSPS) is 20.0. The molecule has 2 rings (SSSR count). The lowest BCUT2D eigenvalue weighted by molar-refractivity contribution is -0.387. The molecule has 0 aliphatic carbocycles. The number of rotatable bonds is 3. The molecule has 10 heteroatoms. The Morgan fingerprint density at radius 1 is 1.48 bits per heavy atom. The van der Waals surface area contributed by atoms with Crippen molar-refractivity contribution in [2.75, 3.05) is 18.8 Å². The van der Waals surface area contributed by atoms with Gasteiger partial charge < -0.3 is 11.1 Å². The van der Waals surface area contributed by atoms with E-state index in [1.807, 2.05) is 0 Å². The van der Waals surface area contributed by atoms with Gasteiger partial charge in [-0.1, -0.05) is 0 Å². The summed E-state index contributed by atoms with van der Waals surface area (Å²) in [6, 6.07) is 2.42. The Labute approximate surface area is 120 Å². The van der Waals surface area contributed by atoms with Crippen LogP contribution in [0.4, 0.5) is 11.4 Å². The van der Waals surface area contributed by atoms with Gasteiger partial charge >= 0.3 is 0 Å². The maximum atomic E-state index is 12.6. The first-order chi connectivity index (χ1) is 9.75. The zero-order valence-corrected chi connectivity index (χ0v) is 12.0. The maximum absolute atomic E-state index is 12.6. The van der Waals surface area contributed by atoms with E-state index in [0.717, 1.165) is 16.4 Å². The molecule has 1 aliphatic heterocycles. The van der Waals surface area contributed by atoms with Crippen molar-refractivity contribution in [3.63, 3.8) is 0 Å². The molecule has 1 aromatic carbocycles. The lowest BCUT2D eigenvalue weighted by Gasteiger charge is -2.31. The second-order valence-electron chi connectivity index (χ2n) is 4.57. The van der Waals surface area contributed by atoms with Crippen molar-refractivity contribution >= 4 is 27.3 Å². The number of benzene rings is 1. The number of nitrogen functional groups attached to an aromatic ring is 1. The number of carbonyl (C=O) groups excluding carboxylic acids is 1. The predicted molar refractivity (Wildman–Crippen MR) is 73.9 cm³/mol. The summed E-state index contributed by atoms with van der Waals surface area (Å²) < 4.78 is 26.1. The quantitative estimate of drug-likeness (QED) is 0.446. The van der Waals surface area contributed by atoms with Gasteiger partial charge in [0.1, 0.15) is 6.04 Å². The third-order valence-electron chi connectivity index (χ3n) is 3.21. The van der Waals surface area contributed by atoms with Crippen LogP contribution in [0.15, 0.2) is 23.1 Å². The van der Waals surface area contributed by atoms with Gasteiger partial charge in [-0.25, -0.2) is 8.42 Å². The van der Waals surface area contributed by atoms with E-state index in [4.69, 9.17) is 5.73 Å². The van der Waals surface area contributed by atoms with Gasteiger partial charge in [0.25, 0.3) is 15.7 Å². The number of piperazine rings is 1. The molecule has 0 saturated carbocycles. The number of sulfonamides is 1. The van der Waals surface area contributed by atoms with Crippen LogP contribution in [0.5, 0.6) is 0 Å². The van der Waals surface area contributed by atoms with Gasteiger partial charge in [-0.15, -0.1) is 0 Å². The van der Waals surface area contributed by atoms with E-state index in [0.29, 0.717) is 0 Å². The molecular formula is C11H14N4O5S. The molecule has 1 unspecified atom stereocenters. The van der Waals surface area contributed by atoms with Crippen molar-refractivity contribution in [2.24, 2.45) is 0 Å². The van der Waals surface area contributed by atoms with Crippen LogP contribution in [0.2, 0.25) is 0 Å². The summed E-state index contributed by atoms with van der Waals surface area (Å²) in [7, 11) is -4.16.